The van der Waals surface area contributed by atoms with Crippen molar-refractivity contribution in [1.82, 2.24) is 18.8 Å². The van der Waals surface area contributed by atoms with Gasteiger partial charge in [0.05, 0.1) is 35.1 Å². The van der Waals surface area contributed by atoms with Gasteiger partial charge in [0.15, 0.2) is 0 Å². The number of nitrogens with zero attached hydrogens (tertiary/aromatic N) is 4. The fraction of sp³-hybridized carbons (Fsp3) is 0.609. The maximum atomic E-state index is 13.0. The van der Waals surface area contributed by atoms with E-state index in [0.717, 1.165) is 11.9 Å². The average Bonchev–Trinajstić information content (AvgIpc) is 3.38. The molecule has 1 amide bonds. The van der Waals surface area contributed by atoms with Gasteiger partial charge in [-0.3, -0.25) is 9.59 Å². The zero-order valence-corrected chi connectivity index (χ0v) is 20.7. The summed E-state index contributed by atoms with van der Waals surface area (Å²) in [5.41, 5.74) is 1.33. The lowest BCUT2D eigenvalue weighted by Crippen LogP contribution is -2.40. The van der Waals surface area contributed by atoms with E-state index in [1.165, 1.54) is 4.31 Å². The minimum absolute atomic E-state index is 0.0363. The normalized spacial score (nSPS) is 19.9. The van der Waals surface area contributed by atoms with Gasteiger partial charge in [0.2, 0.25) is 15.9 Å². The van der Waals surface area contributed by atoms with E-state index in [1.807, 2.05) is 25.3 Å². The standard InChI is InChI=1S/C23H32N4O6S/c1-4-7-26-20-6-5-18(34(30,31)25-8-10-32-11-9-25)13-19(20)24-21(26)15-33-23(29)17-12-22(28)27(14-17)16(2)3/h5-6,13,16-17H,4,7-12,14-15H2,1-3H3. The second-order valence-electron chi connectivity index (χ2n) is 9.00. The van der Waals surface area contributed by atoms with Crippen LogP contribution in [0.3, 0.4) is 0 Å². The molecule has 1 atom stereocenters. The highest BCUT2D eigenvalue weighted by Gasteiger charge is 2.36. The Morgan fingerprint density at radius 2 is 2.00 bits per heavy atom. The summed E-state index contributed by atoms with van der Waals surface area (Å²) in [5.74, 6) is -0.383. The Morgan fingerprint density at radius 3 is 2.65 bits per heavy atom. The van der Waals surface area contributed by atoms with Crippen molar-refractivity contribution >= 4 is 32.9 Å². The third kappa shape index (κ3) is 4.82. The molecule has 2 aliphatic rings. The molecule has 0 spiro atoms. The summed E-state index contributed by atoms with van der Waals surface area (Å²) in [6.07, 6.45) is 0.992. The smallest absolute Gasteiger partial charge is 0.311 e. The molecule has 34 heavy (non-hydrogen) atoms. The van der Waals surface area contributed by atoms with Gasteiger partial charge in [0.25, 0.3) is 0 Å². The number of amides is 1. The van der Waals surface area contributed by atoms with Crippen LogP contribution >= 0.6 is 0 Å². The largest absolute Gasteiger partial charge is 0.457 e. The van der Waals surface area contributed by atoms with Crippen molar-refractivity contribution in [2.45, 2.75) is 57.7 Å². The van der Waals surface area contributed by atoms with Gasteiger partial charge in [-0.25, -0.2) is 13.4 Å². The summed E-state index contributed by atoms with van der Waals surface area (Å²) in [5, 5.41) is 0. The number of rotatable bonds is 8. The number of morpholine rings is 1. The van der Waals surface area contributed by atoms with Crippen LogP contribution in [0.5, 0.6) is 0 Å². The van der Waals surface area contributed by atoms with Gasteiger partial charge in [-0.05, 0) is 38.5 Å². The predicted molar refractivity (Wildman–Crippen MR) is 124 cm³/mol. The van der Waals surface area contributed by atoms with E-state index in [-0.39, 0.29) is 29.9 Å². The maximum Gasteiger partial charge on any atom is 0.311 e. The number of fused-ring (bicyclic) bond motifs is 1. The molecule has 186 valence electrons. The molecule has 1 aromatic carbocycles. The first-order valence-electron chi connectivity index (χ1n) is 11.8. The molecule has 2 fully saturated rings. The van der Waals surface area contributed by atoms with Crippen LogP contribution in [-0.4, -0.2) is 77.9 Å². The van der Waals surface area contributed by atoms with Crippen LogP contribution in [0, 0.1) is 5.92 Å². The fourth-order valence-electron chi connectivity index (χ4n) is 4.48. The zero-order chi connectivity index (χ0) is 24.5. The summed E-state index contributed by atoms with van der Waals surface area (Å²) in [7, 11) is -3.64. The molecule has 2 saturated heterocycles. The van der Waals surface area contributed by atoms with Crippen molar-refractivity contribution in [3.63, 3.8) is 0 Å². The van der Waals surface area contributed by atoms with Crippen LogP contribution in [-0.2, 0) is 42.2 Å². The molecule has 3 heterocycles. The van der Waals surface area contributed by atoms with Crippen molar-refractivity contribution in [2.24, 2.45) is 5.92 Å². The number of likely N-dealkylation sites (tertiary alicyclic amines) is 1. The molecule has 0 saturated carbocycles. The minimum atomic E-state index is -3.64. The van der Waals surface area contributed by atoms with Crippen LogP contribution in [0.4, 0.5) is 0 Å². The highest BCUT2D eigenvalue weighted by Crippen LogP contribution is 2.25. The molecule has 0 radical (unpaired) electrons. The average molecular weight is 493 g/mol. The second-order valence-corrected chi connectivity index (χ2v) is 10.9. The molecular weight excluding hydrogens is 460 g/mol. The van der Waals surface area contributed by atoms with E-state index < -0.39 is 21.9 Å². The van der Waals surface area contributed by atoms with Gasteiger partial charge in [0.1, 0.15) is 12.4 Å². The van der Waals surface area contributed by atoms with Crippen molar-refractivity contribution in [3.05, 3.63) is 24.0 Å². The molecule has 4 rings (SSSR count). The first-order chi connectivity index (χ1) is 16.2. The van der Waals surface area contributed by atoms with Crippen LogP contribution in [0.25, 0.3) is 11.0 Å². The lowest BCUT2D eigenvalue weighted by Gasteiger charge is -2.26. The summed E-state index contributed by atoms with van der Waals surface area (Å²) >= 11 is 0. The fourth-order valence-corrected chi connectivity index (χ4v) is 5.91. The Labute approximate surface area is 199 Å². The Kier molecular flexibility index (Phi) is 7.25. The van der Waals surface area contributed by atoms with Gasteiger partial charge in [-0.2, -0.15) is 4.31 Å². The lowest BCUT2D eigenvalue weighted by molar-refractivity contribution is -0.150. The summed E-state index contributed by atoms with van der Waals surface area (Å²) in [6, 6.07) is 4.98. The first-order valence-corrected chi connectivity index (χ1v) is 13.2. The molecule has 1 unspecified atom stereocenters. The van der Waals surface area contributed by atoms with Crippen LogP contribution in [0.15, 0.2) is 23.1 Å². The minimum Gasteiger partial charge on any atom is -0.457 e. The van der Waals surface area contributed by atoms with E-state index in [1.54, 1.807) is 23.1 Å². The maximum absolute atomic E-state index is 13.0. The molecular formula is C23H32N4O6S. The number of carbonyl (C=O) groups is 2. The van der Waals surface area contributed by atoms with Gasteiger partial charge < -0.3 is 18.9 Å². The summed E-state index contributed by atoms with van der Waals surface area (Å²) < 4.78 is 40.3. The van der Waals surface area contributed by atoms with E-state index in [2.05, 4.69) is 4.98 Å². The molecule has 2 aromatic rings. The lowest BCUT2D eigenvalue weighted by atomic mass is 10.1. The molecule has 0 N–H and O–H groups in total. The highest BCUT2D eigenvalue weighted by atomic mass is 32.2. The highest BCUT2D eigenvalue weighted by molar-refractivity contribution is 7.89. The summed E-state index contributed by atoms with van der Waals surface area (Å²) in [4.78, 5) is 31.3. The van der Waals surface area contributed by atoms with E-state index in [0.29, 0.717) is 50.7 Å². The molecule has 10 nitrogen and oxygen atoms in total. The van der Waals surface area contributed by atoms with Gasteiger partial charge in [0, 0.05) is 38.6 Å². The quantitative estimate of drug-likeness (QED) is 0.516. The Balaban J connectivity index is 1.54. The molecule has 0 aliphatic carbocycles. The third-order valence-corrected chi connectivity index (χ3v) is 8.21. The van der Waals surface area contributed by atoms with Gasteiger partial charge >= 0.3 is 5.97 Å². The number of aromatic nitrogens is 2. The SMILES string of the molecule is CCCn1c(COC(=O)C2CC(=O)N(C(C)C)C2)nc2cc(S(=O)(=O)N3CCOCC3)ccc21. The molecule has 0 bridgehead atoms. The second kappa shape index (κ2) is 10.0. The zero-order valence-electron chi connectivity index (χ0n) is 19.9. The number of esters is 1. The van der Waals surface area contributed by atoms with Crippen molar-refractivity contribution < 1.29 is 27.5 Å². The number of hydrogen-bond acceptors (Lipinski definition) is 7. The Bertz CT molecular complexity index is 1170. The number of benzene rings is 1. The van der Waals surface area contributed by atoms with Crippen molar-refractivity contribution in [1.29, 1.82) is 0 Å². The van der Waals surface area contributed by atoms with E-state index >= 15 is 0 Å². The third-order valence-electron chi connectivity index (χ3n) is 6.31. The van der Waals surface area contributed by atoms with Crippen molar-refractivity contribution in [3.8, 4) is 0 Å². The van der Waals surface area contributed by atoms with Crippen LogP contribution < -0.4 is 0 Å². The Morgan fingerprint density at radius 1 is 1.26 bits per heavy atom. The van der Waals surface area contributed by atoms with Gasteiger partial charge in [-0.1, -0.05) is 6.92 Å². The van der Waals surface area contributed by atoms with E-state index in [4.69, 9.17) is 9.47 Å². The monoisotopic (exact) mass is 492 g/mol. The first kappa shape index (κ1) is 24.6. The van der Waals surface area contributed by atoms with Crippen LogP contribution in [0.1, 0.15) is 39.4 Å². The van der Waals surface area contributed by atoms with Crippen LogP contribution in [0.2, 0.25) is 0 Å². The molecule has 11 heteroatoms. The Hall–Kier alpha value is -2.50. The van der Waals surface area contributed by atoms with Crippen molar-refractivity contribution in [2.75, 3.05) is 32.8 Å². The van der Waals surface area contributed by atoms with Gasteiger partial charge in [-0.15, -0.1) is 0 Å². The molecule has 1 aromatic heterocycles. The number of imidazole rings is 1. The van der Waals surface area contributed by atoms with E-state index in [9.17, 15) is 18.0 Å². The number of carbonyl (C=O) groups excluding carboxylic acids is 2. The predicted octanol–water partition coefficient (Wildman–Crippen LogP) is 1.77. The number of hydrogen-bond donors (Lipinski definition) is 0. The number of ether oxygens (including phenoxy) is 2. The molecule has 2 aliphatic heterocycles. The summed E-state index contributed by atoms with van der Waals surface area (Å²) in [6.45, 7) is 8.26. The number of sulfonamides is 1. The topological polar surface area (TPSA) is 111 Å². The number of aryl methyl sites for hydroxylation is 1.